The molecule has 0 aliphatic rings. The van der Waals surface area contributed by atoms with E-state index in [1.165, 1.54) is 0 Å². The molecule has 4 heteroatoms. The van der Waals surface area contributed by atoms with Crippen LogP contribution in [0, 0.1) is 13.8 Å². The minimum Gasteiger partial charge on any atom is -0.504 e. The van der Waals surface area contributed by atoms with E-state index in [0.29, 0.717) is 5.75 Å². The van der Waals surface area contributed by atoms with E-state index in [1.807, 2.05) is 50.1 Å². The molecule has 2 aromatic carbocycles. The quantitative estimate of drug-likeness (QED) is 0.657. The number of phenolic OH excluding ortho intramolecular Hbond substituents is 1. The average molecular weight is 298 g/mol. The lowest BCUT2D eigenvalue weighted by Gasteiger charge is -2.13. The molecule has 4 nitrogen and oxygen atoms in total. The summed E-state index contributed by atoms with van der Waals surface area (Å²) in [7, 11) is 1.95. The van der Waals surface area contributed by atoms with E-state index in [-0.39, 0.29) is 5.75 Å². The summed E-state index contributed by atoms with van der Waals surface area (Å²) in [6, 6.07) is 11.1. The summed E-state index contributed by atoms with van der Waals surface area (Å²) in [6.45, 7) is 6.85. The monoisotopic (exact) mass is 298 g/mol. The number of ether oxygens (including phenoxy) is 1. The van der Waals surface area contributed by atoms with E-state index in [4.69, 9.17) is 4.74 Å². The van der Waals surface area contributed by atoms with Gasteiger partial charge in [-0.15, -0.1) is 0 Å². The standard InChI is InChI=1S/C18H22N2O2/c1-5-20(4)12-19-15-11-16(21)18(10-14(15)3)22-17-9-7-6-8-13(17)2/h6-12,21H,5H2,1-4H3. The van der Waals surface area contributed by atoms with Gasteiger partial charge in [0.05, 0.1) is 12.0 Å². The number of rotatable bonds is 5. The average Bonchev–Trinajstić information content (AvgIpc) is 2.51. The molecule has 0 fully saturated rings. The number of aryl methyl sites for hydroxylation is 2. The van der Waals surface area contributed by atoms with Crippen LogP contribution in [0.25, 0.3) is 0 Å². The molecule has 0 heterocycles. The van der Waals surface area contributed by atoms with Crippen molar-refractivity contribution >= 4 is 12.0 Å². The Bertz CT molecular complexity index is 681. The van der Waals surface area contributed by atoms with Crippen LogP contribution in [0.4, 0.5) is 5.69 Å². The first-order valence-electron chi connectivity index (χ1n) is 7.32. The zero-order valence-corrected chi connectivity index (χ0v) is 13.5. The number of aromatic hydroxyl groups is 1. The minimum atomic E-state index is 0.0835. The van der Waals surface area contributed by atoms with E-state index < -0.39 is 0 Å². The highest BCUT2D eigenvalue weighted by Gasteiger charge is 2.09. The van der Waals surface area contributed by atoms with Crippen molar-refractivity contribution in [1.82, 2.24) is 4.90 Å². The molecule has 0 saturated heterocycles. The molecule has 2 aromatic rings. The number of nitrogens with zero attached hydrogens (tertiary/aromatic N) is 2. The van der Waals surface area contributed by atoms with Crippen LogP contribution in [-0.2, 0) is 0 Å². The number of para-hydroxylation sites is 1. The van der Waals surface area contributed by atoms with E-state index in [2.05, 4.69) is 11.9 Å². The normalized spacial score (nSPS) is 10.9. The Balaban J connectivity index is 2.27. The van der Waals surface area contributed by atoms with Gasteiger partial charge in [0.15, 0.2) is 11.5 Å². The highest BCUT2D eigenvalue weighted by Crippen LogP contribution is 2.37. The molecule has 2 rings (SSSR count). The molecule has 1 N–H and O–H groups in total. The summed E-state index contributed by atoms with van der Waals surface area (Å²) in [5, 5.41) is 10.2. The summed E-state index contributed by atoms with van der Waals surface area (Å²) in [6.07, 6.45) is 1.75. The third kappa shape index (κ3) is 3.79. The number of benzene rings is 2. The Morgan fingerprint density at radius 1 is 1.14 bits per heavy atom. The molecular weight excluding hydrogens is 276 g/mol. The number of hydrogen-bond acceptors (Lipinski definition) is 3. The maximum atomic E-state index is 10.2. The van der Waals surface area contributed by atoms with Crippen LogP contribution >= 0.6 is 0 Å². The summed E-state index contributed by atoms with van der Waals surface area (Å²) < 4.78 is 5.81. The van der Waals surface area contributed by atoms with Gasteiger partial charge in [-0.25, -0.2) is 4.99 Å². The summed E-state index contributed by atoms with van der Waals surface area (Å²) in [4.78, 5) is 6.35. The van der Waals surface area contributed by atoms with Gasteiger partial charge in [-0.2, -0.15) is 0 Å². The van der Waals surface area contributed by atoms with Gasteiger partial charge in [-0.05, 0) is 44.0 Å². The zero-order valence-electron chi connectivity index (χ0n) is 13.5. The number of aliphatic imine (C=N–C) groups is 1. The largest absolute Gasteiger partial charge is 0.504 e. The first-order chi connectivity index (χ1) is 10.5. The van der Waals surface area contributed by atoms with Gasteiger partial charge in [0.1, 0.15) is 5.75 Å². The second kappa shape index (κ2) is 6.98. The van der Waals surface area contributed by atoms with Gasteiger partial charge in [0.25, 0.3) is 0 Å². The molecule has 0 aliphatic carbocycles. The second-order valence-electron chi connectivity index (χ2n) is 5.29. The van der Waals surface area contributed by atoms with Crippen LogP contribution in [-0.4, -0.2) is 29.9 Å². The van der Waals surface area contributed by atoms with Gasteiger partial charge < -0.3 is 14.7 Å². The molecule has 0 saturated carbocycles. The SMILES string of the molecule is CCN(C)C=Nc1cc(O)c(Oc2ccccc2C)cc1C. The van der Waals surface area contributed by atoms with E-state index in [0.717, 1.165) is 29.1 Å². The topological polar surface area (TPSA) is 45.1 Å². The molecule has 0 aliphatic heterocycles. The predicted octanol–water partition coefficient (Wildman–Crippen LogP) is 4.41. The van der Waals surface area contributed by atoms with Crippen molar-refractivity contribution in [2.75, 3.05) is 13.6 Å². The maximum absolute atomic E-state index is 10.2. The fraction of sp³-hybridized carbons (Fsp3) is 0.278. The van der Waals surface area contributed by atoms with Crippen molar-refractivity contribution in [2.24, 2.45) is 4.99 Å². The molecule has 22 heavy (non-hydrogen) atoms. The maximum Gasteiger partial charge on any atom is 0.169 e. The summed E-state index contributed by atoms with van der Waals surface area (Å²) in [5.41, 5.74) is 2.70. The third-order valence-corrected chi connectivity index (χ3v) is 3.48. The van der Waals surface area contributed by atoms with Crippen LogP contribution < -0.4 is 4.74 Å². The number of hydrogen-bond donors (Lipinski definition) is 1. The smallest absolute Gasteiger partial charge is 0.169 e. The van der Waals surface area contributed by atoms with Crippen LogP contribution in [0.5, 0.6) is 17.2 Å². The molecule has 0 aromatic heterocycles. The van der Waals surface area contributed by atoms with Gasteiger partial charge in [0.2, 0.25) is 0 Å². The molecule has 0 atom stereocenters. The molecule has 0 radical (unpaired) electrons. The van der Waals surface area contributed by atoms with Crippen molar-refractivity contribution in [2.45, 2.75) is 20.8 Å². The Kier molecular flexibility index (Phi) is 5.04. The molecular formula is C18H22N2O2. The number of phenols is 1. The van der Waals surface area contributed by atoms with Crippen LogP contribution in [0.15, 0.2) is 41.4 Å². The van der Waals surface area contributed by atoms with Gasteiger partial charge in [-0.3, -0.25) is 0 Å². The molecule has 0 amide bonds. The first kappa shape index (κ1) is 15.9. The summed E-state index contributed by atoms with van der Waals surface area (Å²) in [5.74, 6) is 1.26. The Morgan fingerprint density at radius 2 is 1.86 bits per heavy atom. The molecule has 116 valence electrons. The van der Waals surface area contributed by atoms with E-state index in [9.17, 15) is 5.11 Å². The van der Waals surface area contributed by atoms with Crippen molar-refractivity contribution in [3.05, 3.63) is 47.5 Å². The lowest BCUT2D eigenvalue weighted by molar-refractivity contribution is 0.409. The van der Waals surface area contributed by atoms with E-state index in [1.54, 1.807) is 18.5 Å². The lowest BCUT2D eigenvalue weighted by atomic mass is 10.1. The van der Waals surface area contributed by atoms with Crippen LogP contribution in [0.1, 0.15) is 18.1 Å². The van der Waals surface area contributed by atoms with Gasteiger partial charge >= 0.3 is 0 Å². The molecule has 0 spiro atoms. The molecule has 0 unspecified atom stereocenters. The van der Waals surface area contributed by atoms with Crippen molar-refractivity contribution < 1.29 is 9.84 Å². The summed E-state index contributed by atoms with van der Waals surface area (Å²) >= 11 is 0. The predicted molar refractivity (Wildman–Crippen MR) is 90.6 cm³/mol. The van der Waals surface area contributed by atoms with E-state index >= 15 is 0 Å². The van der Waals surface area contributed by atoms with Crippen LogP contribution in [0.3, 0.4) is 0 Å². The van der Waals surface area contributed by atoms with Crippen LogP contribution in [0.2, 0.25) is 0 Å². The fourth-order valence-electron chi connectivity index (χ4n) is 1.91. The first-order valence-corrected chi connectivity index (χ1v) is 7.32. The minimum absolute atomic E-state index is 0.0835. The van der Waals surface area contributed by atoms with Crippen molar-refractivity contribution in [1.29, 1.82) is 0 Å². The fourth-order valence-corrected chi connectivity index (χ4v) is 1.91. The van der Waals surface area contributed by atoms with Gasteiger partial charge in [0, 0.05) is 19.7 Å². The zero-order chi connectivity index (χ0) is 16.1. The lowest BCUT2D eigenvalue weighted by Crippen LogP contribution is -2.14. The van der Waals surface area contributed by atoms with Crippen molar-refractivity contribution in [3.63, 3.8) is 0 Å². The Morgan fingerprint density at radius 3 is 2.55 bits per heavy atom. The highest BCUT2D eigenvalue weighted by atomic mass is 16.5. The second-order valence-corrected chi connectivity index (χ2v) is 5.29. The highest BCUT2D eigenvalue weighted by molar-refractivity contribution is 5.66. The Labute approximate surface area is 131 Å². The third-order valence-electron chi connectivity index (χ3n) is 3.48. The van der Waals surface area contributed by atoms with Gasteiger partial charge in [-0.1, -0.05) is 18.2 Å². The molecule has 0 bridgehead atoms. The van der Waals surface area contributed by atoms with Crippen molar-refractivity contribution in [3.8, 4) is 17.2 Å². The Hall–Kier alpha value is -2.49.